The van der Waals surface area contributed by atoms with Crippen molar-refractivity contribution in [3.05, 3.63) is 17.5 Å². The van der Waals surface area contributed by atoms with Crippen molar-refractivity contribution in [1.82, 2.24) is 10.1 Å². The van der Waals surface area contributed by atoms with Crippen LogP contribution in [0.4, 0.5) is 0 Å². The van der Waals surface area contributed by atoms with Crippen LogP contribution < -0.4 is 0 Å². The topological polar surface area (TPSA) is 49.5 Å². The van der Waals surface area contributed by atoms with Crippen LogP contribution in [0, 0.1) is 6.92 Å². The number of aryl methyl sites for hydroxylation is 1. The van der Waals surface area contributed by atoms with E-state index in [2.05, 4.69) is 10.1 Å². The average Bonchev–Trinajstić information content (AvgIpc) is 2.58. The molecule has 1 aliphatic rings. The summed E-state index contributed by atoms with van der Waals surface area (Å²) in [6.07, 6.45) is 5.60. The highest BCUT2D eigenvalue weighted by Gasteiger charge is 2.23. The molecular weight excluding hydrogens is 228 g/mol. The van der Waals surface area contributed by atoms with Gasteiger partial charge in [-0.05, 0) is 39.7 Å². The van der Waals surface area contributed by atoms with Gasteiger partial charge in [0.25, 0.3) is 0 Å². The largest absolute Gasteiger partial charge is 0.393 e. The highest BCUT2D eigenvalue weighted by atomic mass is 16.5. The monoisotopic (exact) mass is 252 g/mol. The quantitative estimate of drug-likeness (QED) is 0.894. The van der Waals surface area contributed by atoms with Gasteiger partial charge in [0.05, 0.1) is 18.3 Å². The van der Waals surface area contributed by atoms with E-state index in [4.69, 9.17) is 4.52 Å². The lowest BCUT2D eigenvalue weighted by Gasteiger charge is -2.29. The van der Waals surface area contributed by atoms with Gasteiger partial charge in [0.15, 0.2) is 5.76 Å². The van der Waals surface area contributed by atoms with Gasteiger partial charge in [-0.25, -0.2) is 0 Å². The lowest BCUT2D eigenvalue weighted by atomic mass is 10.0. The maximum absolute atomic E-state index is 9.62. The molecule has 102 valence electrons. The van der Waals surface area contributed by atoms with Crippen molar-refractivity contribution in [2.45, 2.75) is 64.6 Å². The number of aliphatic hydroxyl groups is 1. The molecule has 4 nitrogen and oxygen atoms in total. The van der Waals surface area contributed by atoms with Crippen molar-refractivity contribution in [2.75, 3.05) is 6.54 Å². The minimum Gasteiger partial charge on any atom is -0.393 e. The van der Waals surface area contributed by atoms with Crippen LogP contribution in [0.25, 0.3) is 0 Å². The van der Waals surface area contributed by atoms with Gasteiger partial charge in [0.1, 0.15) is 0 Å². The molecule has 2 heterocycles. The summed E-state index contributed by atoms with van der Waals surface area (Å²) in [7, 11) is 0. The van der Waals surface area contributed by atoms with Gasteiger partial charge in [-0.15, -0.1) is 0 Å². The summed E-state index contributed by atoms with van der Waals surface area (Å²) in [4.78, 5) is 2.44. The summed E-state index contributed by atoms with van der Waals surface area (Å²) in [5.41, 5.74) is 0.937. The second-order valence-electron chi connectivity index (χ2n) is 5.49. The molecule has 1 N–H and O–H groups in total. The Bertz CT molecular complexity index is 362. The molecule has 2 unspecified atom stereocenters. The fourth-order valence-corrected chi connectivity index (χ4v) is 2.80. The molecule has 2 atom stereocenters. The zero-order chi connectivity index (χ0) is 13.0. The summed E-state index contributed by atoms with van der Waals surface area (Å²) >= 11 is 0. The highest BCUT2D eigenvalue weighted by molar-refractivity contribution is 5.03. The fourth-order valence-electron chi connectivity index (χ4n) is 2.80. The minimum atomic E-state index is -0.230. The van der Waals surface area contributed by atoms with E-state index in [0.717, 1.165) is 31.0 Å². The van der Waals surface area contributed by atoms with Crippen molar-refractivity contribution in [2.24, 2.45) is 0 Å². The molecule has 0 bridgehead atoms. The SMILES string of the molecule is Cc1cc(CN2CCCCCC2CC(C)O)on1. The van der Waals surface area contributed by atoms with E-state index >= 15 is 0 Å². The third-order valence-corrected chi connectivity index (χ3v) is 3.65. The van der Waals surface area contributed by atoms with Gasteiger partial charge in [0, 0.05) is 12.1 Å². The molecule has 0 aliphatic carbocycles. The number of nitrogens with zero attached hydrogens (tertiary/aromatic N) is 2. The molecule has 0 saturated carbocycles. The van der Waals surface area contributed by atoms with E-state index in [1.807, 2.05) is 19.9 Å². The molecule has 0 amide bonds. The van der Waals surface area contributed by atoms with Crippen molar-refractivity contribution >= 4 is 0 Å². The molecule has 1 aromatic heterocycles. The van der Waals surface area contributed by atoms with Crippen molar-refractivity contribution in [3.63, 3.8) is 0 Å². The predicted molar refractivity (Wildman–Crippen MR) is 70.2 cm³/mol. The van der Waals surface area contributed by atoms with Crippen LogP contribution in [0.3, 0.4) is 0 Å². The van der Waals surface area contributed by atoms with E-state index in [9.17, 15) is 5.11 Å². The second-order valence-corrected chi connectivity index (χ2v) is 5.49. The first-order chi connectivity index (χ1) is 8.65. The minimum absolute atomic E-state index is 0.230. The molecule has 1 aromatic rings. The molecule has 2 rings (SSSR count). The van der Waals surface area contributed by atoms with Gasteiger partial charge < -0.3 is 9.63 Å². The maximum Gasteiger partial charge on any atom is 0.150 e. The smallest absolute Gasteiger partial charge is 0.150 e. The normalized spacial score (nSPS) is 23.8. The molecule has 0 aromatic carbocycles. The summed E-state index contributed by atoms with van der Waals surface area (Å²) in [6, 6.07) is 2.47. The van der Waals surface area contributed by atoms with E-state index in [1.54, 1.807) is 0 Å². The number of aliphatic hydroxyl groups excluding tert-OH is 1. The standard InChI is InChI=1S/C14H24N2O2/c1-11-8-14(18-15-11)10-16-7-5-3-4-6-13(16)9-12(2)17/h8,12-13,17H,3-7,9-10H2,1-2H3. The van der Waals surface area contributed by atoms with Crippen LogP contribution in [0.15, 0.2) is 10.6 Å². The number of hydrogen-bond donors (Lipinski definition) is 1. The Morgan fingerprint density at radius 1 is 1.50 bits per heavy atom. The van der Waals surface area contributed by atoms with Crippen molar-refractivity contribution < 1.29 is 9.63 Å². The van der Waals surface area contributed by atoms with Crippen LogP contribution in [0.5, 0.6) is 0 Å². The van der Waals surface area contributed by atoms with Crippen LogP contribution in [-0.4, -0.2) is 33.9 Å². The van der Waals surface area contributed by atoms with E-state index in [-0.39, 0.29) is 6.10 Å². The zero-order valence-corrected chi connectivity index (χ0v) is 11.4. The first-order valence-electron chi connectivity index (χ1n) is 6.99. The molecule has 1 aliphatic heterocycles. The number of likely N-dealkylation sites (tertiary alicyclic amines) is 1. The van der Waals surface area contributed by atoms with Gasteiger partial charge in [0.2, 0.25) is 0 Å². The van der Waals surface area contributed by atoms with Crippen molar-refractivity contribution in [3.8, 4) is 0 Å². The van der Waals surface area contributed by atoms with Crippen LogP contribution in [0.1, 0.15) is 50.5 Å². The van der Waals surface area contributed by atoms with Crippen molar-refractivity contribution in [1.29, 1.82) is 0 Å². The third-order valence-electron chi connectivity index (χ3n) is 3.65. The molecular formula is C14H24N2O2. The Labute approximate surface area is 109 Å². The molecule has 18 heavy (non-hydrogen) atoms. The Morgan fingerprint density at radius 2 is 2.33 bits per heavy atom. The molecule has 1 saturated heterocycles. The number of hydrogen-bond acceptors (Lipinski definition) is 4. The first-order valence-corrected chi connectivity index (χ1v) is 6.99. The van der Waals surface area contributed by atoms with E-state index in [1.165, 1.54) is 25.7 Å². The number of rotatable bonds is 4. The average molecular weight is 252 g/mol. The van der Waals surface area contributed by atoms with Gasteiger partial charge in [-0.2, -0.15) is 0 Å². The Balaban J connectivity index is 2.00. The van der Waals surface area contributed by atoms with Gasteiger partial charge in [-0.3, -0.25) is 4.90 Å². The summed E-state index contributed by atoms with van der Waals surface area (Å²) in [5.74, 6) is 0.935. The fraction of sp³-hybridized carbons (Fsp3) is 0.786. The van der Waals surface area contributed by atoms with E-state index < -0.39 is 0 Å². The van der Waals surface area contributed by atoms with Crippen LogP contribution >= 0.6 is 0 Å². The van der Waals surface area contributed by atoms with Gasteiger partial charge in [-0.1, -0.05) is 18.0 Å². The third kappa shape index (κ3) is 3.82. The zero-order valence-electron chi connectivity index (χ0n) is 11.4. The summed E-state index contributed by atoms with van der Waals surface area (Å²) in [6.45, 7) is 5.74. The number of aromatic nitrogens is 1. The molecule has 0 spiro atoms. The van der Waals surface area contributed by atoms with Gasteiger partial charge >= 0.3 is 0 Å². The van der Waals surface area contributed by atoms with Crippen LogP contribution in [-0.2, 0) is 6.54 Å². The Hall–Kier alpha value is -0.870. The summed E-state index contributed by atoms with van der Waals surface area (Å²) in [5, 5.41) is 13.6. The maximum atomic E-state index is 9.62. The van der Waals surface area contributed by atoms with E-state index in [0.29, 0.717) is 6.04 Å². The lowest BCUT2D eigenvalue weighted by Crippen LogP contribution is -2.36. The highest BCUT2D eigenvalue weighted by Crippen LogP contribution is 2.22. The van der Waals surface area contributed by atoms with Crippen LogP contribution in [0.2, 0.25) is 0 Å². The summed E-state index contributed by atoms with van der Waals surface area (Å²) < 4.78 is 5.31. The molecule has 0 radical (unpaired) electrons. The Kier molecular flexibility index (Phi) is 4.78. The second kappa shape index (κ2) is 6.34. The Morgan fingerprint density at radius 3 is 3.00 bits per heavy atom. The molecule has 4 heteroatoms. The first kappa shape index (κ1) is 13.6. The predicted octanol–water partition coefficient (Wildman–Crippen LogP) is 2.50. The molecule has 1 fully saturated rings. The lowest BCUT2D eigenvalue weighted by molar-refractivity contribution is 0.102.